The zero-order valence-electron chi connectivity index (χ0n) is 11.3. The van der Waals surface area contributed by atoms with E-state index < -0.39 is 11.6 Å². The Hall–Kier alpha value is -1.04. The molecule has 0 saturated heterocycles. The molecule has 19 heavy (non-hydrogen) atoms. The standard InChI is InChI=1S/C14H22F2N2O/c1-19-10-9-18-7-2-6-17-8-5-12-3-4-13(15)11-14(12)16/h3-4,11,17-18H,2,5-10H2,1H3. The molecule has 2 N–H and O–H groups in total. The van der Waals surface area contributed by atoms with Gasteiger partial charge in [-0.15, -0.1) is 0 Å². The van der Waals surface area contributed by atoms with Crippen molar-refractivity contribution in [2.24, 2.45) is 0 Å². The summed E-state index contributed by atoms with van der Waals surface area (Å²) in [6.07, 6.45) is 1.58. The molecular formula is C14H22F2N2O. The van der Waals surface area contributed by atoms with E-state index in [1.165, 1.54) is 12.1 Å². The molecule has 108 valence electrons. The molecule has 0 heterocycles. The third-order valence-corrected chi connectivity index (χ3v) is 2.78. The summed E-state index contributed by atoms with van der Waals surface area (Å²) in [6.45, 7) is 4.08. The molecule has 1 rings (SSSR count). The highest BCUT2D eigenvalue weighted by Crippen LogP contribution is 2.09. The van der Waals surface area contributed by atoms with Gasteiger partial charge in [-0.2, -0.15) is 0 Å². The number of halogens is 2. The predicted molar refractivity (Wildman–Crippen MR) is 72.3 cm³/mol. The molecule has 0 aliphatic carbocycles. The normalized spacial score (nSPS) is 10.9. The van der Waals surface area contributed by atoms with E-state index in [1.807, 2.05) is 0 Å². The fourth-order valence-corrected chi connectivity index (χ4v) is 1.71. The molecule has 0 bridgehead atoms. The average molecular weight is 272 g/mol. The van der Waals surface area contributed by atoms with Gasteiger partial charge in [0.25, 0.3) is 0 Å². The fraction of sp³-hybridized carbons (Fsp3) is 0.571. The summed E-state index contributed by atoms with van der Waals surface area (Å²) < 4.78 is 30.9. The molecule has 0 radical (unpaired) electrons. The molecule has 0 atom stereocenters. The van der Waals surface area contributed by atoms with Crippen molar-refractivity contribution >= 4 is 0 Å². The maximum atomic E-state index is 13.3. The monoisotopic (exact) mass is 272 g/mol. The van der Waals surface area contributed by atoms with Gasteiger partial charge in [-0.3, -0.25) is 0 Å². The average Bonchev–Trinajstić information content (AvgIpc) is 2.39. The first kappa shape index (κ1) is 16.0. The molecule has 0 aromatic heterocycles. The lowest BCUT2D eigenvalue weighted by atomic mass is 10.1. The Bertz CT molecular complexity index is 361. The SMILES string of the molecule is COCCNCCCNCCc1ccc(F)cc1F. The van der Waals surface area contributed by atoms with E-state index in [0.717, 1.165) is 38.7 Å². The number of hydrogen-bond donors (Lipinski definition) is 2. The van der Waals surface area contributed by atoms with Gasteiger partial charge < -0.3 is 15.4 Å². The minimum absolute atomic E-state index is 0.469. The highest BCUT2D eigenvalue weighted by molar-refractivity contribution is 5.18. The van der Waals surface area contributed by atoms with Crippen molar-refractivity contribution in [2.45, 2.75) is 12.8 Å². The molecule has 1 aromatic rings. The van der Waals surface area contributed by atoms with Crippen molar-refractivity contribution in [1.29, 1.82) is 0 Å². The van der Waals surface area contributed by atoms with Crippen LogP contribution in [0, 0.1) is 11.6 Å². The number of nitrogens with one attached hydrogen (secondary N) is 2. The van der Waals surface area contributed by atoms with Crippen LogP contribution in [0.4, 0.5) is 8.78 Å². The first-order valence-electron chi connectivity index (χ1n) is 6.58. The number of rotatable bonds is 10. The summed E-state index contributed by atoms with van der Waals surface area (Å²) >= 11 is 0. The van der Waals surface area contributed by atoms with Crippen molar-refractivity contribution in [1.82, 2.24) is 10.6 Å². The second kappa shape index (κ2) is 9.83. The zero-order valence-corrected chi connectivity index (χ0v) is 11.3. The van der Waals surface area contributed by atoms with Gasteiger partial charge in [0.05, 0.1) is 6.61 Å². The molecule has 5 heteroatoms. The van der Waals surface area contributed by atoms with Gasteiger partial charge in [0.2, 0.25) is 0 Å². The van der Waals surface area contributed by atoms with Crippen LogP contribution < -0.4 is 10.6 Å². The summed E-state index contributed by atoms with van der Waals surface area (Å²) in [5.41, 5.74) is 0.548. The molecule has 0 aliphatic rings. The number of hydrogen-bond acceptors (Lipinski definition) is 3. The smallest absolute Gasteiger partial charge is 0.129 e. The van der Waals surface area contributed by atoms with E-state index in [2.05, 4.69) is 10.6 Å². The Labute approximate surface area is 113 Å². The molecule has 0 spiro atoms. The van der Waals surface area contributed by atoms with Gasteiger partial charge in [-0.1, -0.05) is 6.07 Å². The minimum Gasteiger partial charge on any atom is -0.383 e. The van der Waals surface area contributed by atoms with E-state index in [9.17, 15) is 8.78 Å². The van der Waals surface area contributed by atoms with Crippen LogP contribution in [0.5, 0.6) is 0 Å². The third-order valence-electron chi connectivity index (χ3n) is 2.78. The fourth-order valence-electron chi connectivity index (χ4n) is 1.71. The highest BCUT2D eigenvalue weighted by atomic mass is 19.1. The van der Waals surface area contributed by atoms with Crippen molar-refractivity contribution in [3.8, 4) is 0 Å². The zero-order chi connectivity index (χ0) is 13.9. The van der Waals surface area contributed by atoms with Crippen LogP contribution in [0.25, 0.3) is 0 Å². The first-order valence-corrected chi connectivity index (χ1v) is 6.58. The van der Waals surface area contributed by atoms with Crippen LogP contribution in [-0.4, -0.2) is 39.9 Å². The quantitative estimate of drug-likeness (QED) is 0.636. The maximum absolute atomic E-state index is 13.3. The van der Waals surface area contributed by atoms with E-state index >= 15 is 0 Å². The molecule has 0 saturated carbocycles. The van der Waals surface area contributed by atoms with E-state index in [1.54, 1.807) is 7.11 Å². The van der Waals surface area contributed by atoms with Crippen molar-refractivity contribution in [3.05, 3.63) is 35.4 Å². The van der Waals surface area contributed by atoms with Crippen LogP contribution >= 0.6 is 0 Å². The highest BCUT2D eigenvalue weighted by Gasteiger charge is 2.02. The molecular weight excluding hydrogens is 250 g/mol. The maximum Gasteiger partial charge on any atom is 0.129 e. The molecule has 3 nitrogen and oxygen atoms in total. The third kappa shape index (κ3) is 7.20. The van der Waals surface area contributed by atoms with Gasteiger partial charge in [0.1, 0.15) is 11.6 Å². The molecule has 0 aliphatic heterocycles. The Morgan fingerprint density at radius 3 is 2.47 bits per heavy atom. The first-order chi connectivity index (χ1) is 9.24. The lowest BCUT2D eigenvalue weighted by Gasteiger charge is -2.07. The Morgan fingerprint density at radius 1 is 1.05 bits per heavy atom. The van der Waals surface area contributed by atoms with Gasteiger partial charge in [0, 0.05) is 19.7 Å². The minimum atomic E-state index is -0.531. The summed E-state index contributed by atoms with van der Waals surface area (Å²) in [5, 5.41) is 6.48. The Morgan fingerprint density at radius 2 is 1.79 bits per heavy atom. The second-order valence-corrected chi connectivity index (χ2v) is 4.33. The van der Waals surface area contributed by atoms with Crippen LogP contribution in [0.3, 0.4) is 0 Å². The summed E-state index contributed by atoms with van der Waals surface area (Å²) in [4.78, 5) is 0. The summed E-state index contributed by atoms with van der Waals surface area (Å²) in [5.74, 6) is -1.00. The van der Waals surface area contributed by atoms with Gasteiger partial charge in [-0.05, 0) is 44.1 Å². The summed E-state index contributed by atoms with van der Waals surface area (Å²) in [6, 6.07) is 3.71. The molecule has 0 amide bonds. The van der Waals surface area contributed by atoms with E-state index in [4.69, 9.17) is 4.74 Å². The Kier molecular flexibility index (Phi) is 8.29. The second-order valence-electron chi connectivity index (χ2n) is 4.33. The Balaban J connectivity index is 2.01. The van der Waals surface area contributed by atoms with Crippen LogP contribution in [-0.2, 0) is 11.2 Å². The number of methoxy groups -OCH3 is 1. The van der Waals surface area contributed by atoms with Gasteiger partial charge in [-0.25, -0.2) is 8.78 Å². The van der Waals surface area contributed by atoms with Crippen molar-refractivity contribution in [2.75, 3.05) is 39.9 Å². The number of benzene rings is 1. The lowest BCUT2D eigenvalue weighted by molar-refractivity contribution is 0.199. The predicted octanol–water partition coefficient (Wildman–Crippen LogP) is 1.72. The largest absolute Gasteiger partial charge is 0.383 e. The molecule has 1 aromatic carbocycles. The van der Waals surface area contributed by atoms with Crippen LogP contribution in [0.2, 0.25) is 0 Å². The van der Waals surface area contributed by atoms with E-state index in [-0.39, 0.29) is 0 Å². The topological polar surface area (TPSA) is 33.3 Å². The summed E-state index contributed by atoms with van der Waals surface area (Å²) in [7, 11) is 1.68. The van der Waals surface area contributed by atoms with Crippen LogP contribution in [0.15, 0.2) is 18.2 Å². The van der Waals surface area contributed by atoms with Crippen molar-refractivity contribution in [3.63, 3.8) is 0 Å². The van der Waals surface area contributed by atoms with Crippen molar-refractivity contribution < 1.29 is 13.5 Å². The van der Waals surface area contributed by atoms with Gasteiger partial charge >= 0.3 is 0 Å². The van der Waals surface area contributed by atoms with Gasteiger partial charge in [0.15, 0.2) is 0 Å². The number of ether oxygens (including phenoxy) is 1. The molecule has 0 unspecified atom stereocenters. The van der Waals surface area contributed by atoms with E-state index in [0.29, 0.717) is 18.5 Å². The van der Waals surface area contributed by atoms with Crippen LogP contribution in [0.1, 0.15) is 12.0 Å². The lowest BCUT2D eigenvalue weighted by Crippen LogP contribution is -2.25. The molecule has 0 fully saturated rings.